The van der Waals surface area contributed by atoms with Crippen LogP contribution in [0.25, 0.3) is 0 Å². The van der Waals surface area contributed by atoms with E-state index in [9.17, 15) is 13.2 Å². The summed E-state index contributed by atoms with van der Waals surface area (Å²) in [5.41, 5.74) is 3.36. The predicted octanol–water partition coefficient (Wildman–Crippen LogP) is 3.00. The molecule has 27 heavy (non-hydrogen) atoms. The van der Waals surface area contributed by atoms with Crippen LogP contribution in [0.15, 0.2) is 29.2 Å². The van der Waals surface area contributed by atoms with Crippen molar-refractivity contribution in [2.24, 2.45) is 0 Å². The van der Waals surface area contributed by atoms with Gasteiger partial charge in [-0.3, -0.25) is 4.79 Å². The molecule has 4 rings (SSSR count). The first-order chi connectivity index (χ1) is 12.9. The molecule has 0 N–H and O–H groups in total. The van der Waals surface area contributed by atoms with Gasteiger partial charge in [0.2, 0.25) is 10.0 Å². The van der Waals surface area contributed by atoms with Crippen molar-refractivity contribution in [2.45, 2.75) is 38.0 Å². The molecule has 1 aromatic carbocycles. The van der Waals surface area contributed by atoms with Crippen molar-refractivity contribution in [3.63, 3.8) is 0 Å². The summed E-state index contributed by atoms with van der Waals surface area (Å²) in [7, 11) is -3.51. The summed E-state index contributed by atoms with van der Waals surface area (Å²) >= 11 is 1.61. The normalized spacial score (nSPS) is 17.9. The Bertz CT molecular complexity index is 965. The first kappa shape index (κ1) is 18.7. The third-order valence-electron chi connectivity index (χ3n) is 5.60. The summed E-state index contributed by atoms with van der Waals surface area (Å²) < 4.78 is 27.3. The summed E-state index contributed by atoms with van der Waals surface area (Å²) in [6.45, 7) is 5.44. The zero-order chi connectivity index (χ0) is 19.2. The molecule has 2 heterocycles. The molecule has 5 nitrogen and oxygen atoms in total. The van der Waals surface area contributed by atoms with Crippen LogP contribution in [-0.4, -0.2) is 49.7 Å². The highest BCUT2D eigenvalue weighted by molar-refractivity contribution is 7.89. The van der Waals surface area contributed by atoms with Gasteiger partial charge in [0.25, 0.3) is 5.91 Å². The maximum Gasteiger partial charge on any atom is 0.264 e. The van der Waals surface area contributed by atoms with Crippen molar-refractivity contribution >= 4 is 27.3 Å². The number of thiophene rings is 1. The van der Waals surface area contributed by atoms with Gasteiger partial charge in [-0.2, -0.15) is 4.31 Å². The number of carbonyl (C=O) groups is 1. The maximum absolute atomic E-state index is 12.9. The number of rotatable bonds is 3. The fourth-order valence-electron chi connectivity index (χ4n) is 3.75. The van der Waals surface area contributed by atoms with E-state index < -0.39 is 10.0 Å². The number of hydrogen-bond donors (Lipinski definition) is 0. The third-order valence-corrected chi connectivity index (χ3v) is 8.72. The van der Waals surface area contributed by atoms with Gasteiger partial charge in [-0.1, -0.05) is 6.07 Å². The Balaban J connectivity index is 1.44. The SMILES string of the molecule is Cc1ccc(S(=O)(=O)N2CCN(C(=O)c3cc4c(s3)CCC4)CC2)cc1C. The molecule has 0 bridgehead atoms. The van der Waals surface area contributed by atoms with E-state index >= 15 is 0 Å². The van der Waals surface area contributed by atoms with Crippen molar-refractivity contribution in [2.75, 3.05) is 26.2 Å². The molecule has 1 aliphatic carbocycles. The molecule has 1 fully saturated rings. The minimum Gasteiger partial charge on any atom is -0.335 e. The summed E-state index contributed by atoms with van der Waals surface area (Å²) in [5, 5.41) is 0. The number of amides is 1. The van der Waals surface area contributed by atoms with Crippen molar-refractivity contribution in [3.8, 4) is 0 Å². The van der Waals surface area contributed by atoms with Gasteiger partial charge in [0, 0.05) is 31.1 Å². The van der Waals surface area contributed by atoms with Crippen LogP contribution >= 0.6 is 11.3 Å². The largest absolute Gasteiger partial charge is 0.335 e. The molecule has 2 aliphatic rings. The molecule has 1 amide bonds. The van der Waals surface area contributed by atoms with Gasteiger partial charge in [-0.15, -0.1) is 11.3 Å². The molecule has 1 aromatic heterocycles. The van der Waals surface area contributed by atoms with Gasteiger partial charge >= 0.3 is 0 Å². The van der Waals surface area contributed by atoms with Crippen molar-refractivity contribution in [3.05, 3.63) is 50.7 Å². The number of benzene rings is 1. The van der Waals surface area contributed by atoms with E-state index in [4.69, 9.17) is 0 Å². The zero-order valence-electron chi connectivity index (χ0n) is 15.7. The van der Waals surface area contributed by atoms with Crippen LogP contribution in [0.4, 0.5) is 0 Å². The molecule has 0 radical (unpaired) electrons. The smallest absolute Gasteiger partial charge is 0.264 e. The molecule has 0 atom stereocenters. The highest BCUT2D eigenvalue weighted by atomic mass is 32.2. The molecule has 144 valence electrons. The van der Waals surface area contributed by atoms with Gasteiger partial charge in [0.05, 0.1) is 9.77 Å². The second-order valence-electron chi connectivity index (χ2n) is 7.35. The first-order valence-electron chi connectivity index (χ1n) is 9.34. The highest BCUT2D eigenvalue weighted by Gasteiger charge is 2.31. The standard InChI is InChI=1S/C20H24N2O3S2/c1-14-6-7-17(12-15(14)2)27(24,25)22-10-8-21(9-11-22)20(23)19-13-16-4-3-5-18(16)26-19/h6-7,12-13H,3-5,8-11H2,1-2H3. The van der Waals surface area contributed by atoms with E-state index in [1.807, 2.05) is 26.0 Å². The lowest BCUT2D eigenvalue weighted by Gasteiger charge is -2.33. The minimum absolute atomic E-state index is 0.0395. The van der Waals surface area contributed by atoms with Gasteiger partial charge in [0.15, 0.2) is 0 Å². The summed E-state index contributed by atoms with van der Waals surface area (Å²) in [6.07, 6.45) is 3.33. The summed E-state index contributed by atoms with van der Waals surface area (Å²) in [4.78, 5) is 17.0. The summed E-state index contributed by atoms with van der Waals surface area (Å²) in [6, 6.07) is 7.28. The fraction of sp³-hybridized carbons (Fsp3) is 0.450. The fourth-order valence-corrected chi connectivity index (χ4v) is 6.47. The number of piperazine rings is 1. The lowest BCUT2D eigenvalue weighted by molar-refractivity contribution is 0.0702. The lowest BCUT2D eigenvalue weighted by Crippen LogP contribution is -2.50. The summed E-state index contributed by atoms with van der Waals surface area (Å²) in [5.74, 6) is 0.0395. The molecule has 0 unspecified atom stereocenters. The molecule has 1 saturated heterocycles. The van der Waals surface area contributed by atoms with Gasteiger partial charge in [-0.25, -0.2) is 8.42 Å². The monoisotopic (exact) mass is 404 g/mol. The van der Waals surface area contributed by atoms with Crippen LogP contribution in [0.1, 0.15) is 37.7 Å². The first-order valence-corrected chi connectivity index (χ1v) is 11.6. The maximum atomic E-state index is 12.9. The topological polar surface area (TPSA) is 57.7 Å². The Morgan fingerprint density at radius 1 is 1.00 bits per heavy atom. The molecule has 0 saturated carbocycles. The van der Waals surface area contributed by atoms with Crippen LogP contribution in [0.3, 0.4) is 0 Å². The minimum atomic E-state index is -3.51. The van der Waals surface area contributed by atoms with Crippen LogP contribution in [0.2, 0.25) is 0 Å². The molecule has 0 spiro atoms. The van der Waals surface area contributed by atoms with E-state index in [2.05, 4.69) is 0 Å². The van der Waals surface area contributed by atoms with Crippen molar-refractivity contribution < 1.29 is 13.2 Å². The third kappa shape index (κ3) is 3.44. The number of sulfonamides is 1. The number of carbonyl (C=O) groups excluding carboxylic acids is 1. The Morgan fingerprint density at radius 2 is 1.74 bits per heavy atom. The second kappa shape index (κ2) is 7.04. The molecule has 7 heteroatoms. The van der Waals surface area contributed by atoms with E-state index in [0.717, 1.165) is 28.8 Å². The molecule has 1 aliphatic heterocycles. The number of nitrogens with zero attached hydrogens (tertiary/aromatic N) is 2. The average Bonchev–Trinajstić information content (AvgIpc) is 3.25. The van der Waals surface area contributed by atoms with Crippen LogP contribution in [-0.2, 0) is 22.9 Å². The van der Waals surface area contributed by atoms with E-state index in [1.165, 1.54) is 21.2 Å². The second-order valence-corrected chi connectivity index (χ2v) is 10.4. The predicted molar refractivity (Wildman–Crippen MR) is 107 cm³/mol. The zero-order valence-corrected chi connectivity index (χ0v) is 17.3. The van der Waals surface area contributed by atoms with E-state index in [1.54, 1.807) is 28.4 Å². The van der Waals surface area contributed by atoms with Crippen LogP contribution in [0.5, 0.6) is 0 Å². The van der Waals surface area contributed by atoms with Crippen molar-refractivity contribution in [1.29, 1.82) is 0 Å². The lowest BCUT2D eigenvalue weighted by atomic mass is 10.1. The van der Waals surface area contributed by atoms with Crippen molar-refractivity contribution in [1.82, 2.24) is 9.21 Å². The number of hydrogen-bond acceptors (Lipinski definition) is 4. The average molecular weight is 405 g/mol. The molecular weight excluding hydrogens is 380 g/mol. The highest BCUT2D eigenvalue weighted by Crippen LogP contribution is 2.31. The Hall–Kier alpha value is -1.70. The van der Waals surface area contributed by atoms with E-state index in [0.29, 0.717) is 31.1 Å². The Kier molecular flexibility index (Phi) is 4.86. The van der Waals surface area contributed by atoms with Gasteiger partial charge in [0.1, 0.15) is 0 Å². The number of fused-ring (bicyclic) bond motifs is 1. The van der Waals surface area contributed by atoms with Crippen LogP contribution < -0.4 is 0 Å². The molecular formula is C20H24N2O3S2. The van der Waals surface area contributed by atoms with E-state index in [-0.39, 0.29) is 5.91 Å². The number of aryl methyl sites for hydroxylation is 4. The van der Waals surface area contributed by atoms with Crippen LogP contribution in [0, 0.1) is 13.8 Å². The molecule has 2 aromatic rings. The van der Waals surface area contributed by atoms with Gasteiger partial charge < -0.3 is 4.90 Å². The van der Waals surface area contributed by atoms with Gasteiger partial charge in [-0.05, 0) is 68.0 Å². The Labute approximate surface area is 164 Å². The Morgan fingerprint density at radius 3 is 2.41 bits per heavy atom. The quantitative estimate of drug-likeness (QED) is 0.790.